The highest BCUT2D eigenvalue weighted by Crippen LogP contribution is 2.06. The van der Waals surface area contributed by atoms with E-state index < -0.39 is 23.7 Å². The zero-order valence-electron chi connectivity index (χ0n) is 11.8. The first kappa shape index (κ1) is 15.7. The van der Waals surface area contributed by atoms with Gasteiger partial charge in [0.1, 0.15) is 11.9 Å². The van der Waals surface area contributed by atoms with Crippen LogP contribution in [-0.4, -0.2) is 17.9 Å². The van der Waals surface area contributed by atoms with Crippen LogP contribution < -0.4 is 16.6 Å². The van der Waals surface area contributed by atoms with Gasteiger partial charge in [0.2, 0.25) is 0 Å². The van der Waals surface area contributed by atoms with Gasteiger partial charge in [0.15, 0.2) is 0 Å². The summed E-state index contributed by atoms with van der Waals surface area (Å²) in [6.45, 7) is 0. The molecule has 6 heteroatoms. The largest absolute Gasteiger partial charge is 0.340 e. The van der Waals surface area contributed by atoms with E-state index in [4.69, 9.17) is 5.84 Å². The lowest BCUT2D eigenvalue weighted by Crippen LogP contribution is -2.50. The van der Waals surface area contributed by atoms with Crippen LogP contribution in [0.15, 0.2) is 54.6 Å². The van der Waals surface area contributed by atoms with Crippen LogP contribution >= 0.6 is 0 Å². The van der Waals surface area contributed by atoms with E-state index in [-0.39, 0.29) is 5.56 Å². The summed E-state index contributed by atoms with van der Waals surface area (Å²) in [6, 6.07) is 13.5. The van der Waals surface area contributed by atoms with Crippen molar-refractivity contribution in [2.45, 2.75) is 12.5 Å². The topological polar surface area (TPSA) is 84.2 Å². The molecular formula is C16H16FN3O2. The van der Waals surface area contributed by atoms with E-state index in [0.29, 0.717) is 6.42 Å². The molecule has 2 aromatic carbocycles. The Kier molecular flexibility index (Phi) is 5.21. The number of carbonyl (C=O) groups is 2. The van der Waals surface area contributed by atoms with Crippen molar-refractivity contribution < 1.29 is 14.0 Å². The maximum atomic E-state index is 12.9. The quantitative estimate of drug-likeness (QED) is 0.440. The number of hydrogen-bond acceptors (Lipinski definition) is 3. The Balaban J connectivity index is 2.11. The molecule has 0 saturated heterocycles. The van der Waals surface area contributed by atoms with Gasteiger partial charge in [-0.3, -0.25) is 15.0 Å². The van der Waals surface area contributed by atoms with Crippen molar-refractivity contribution in [3.63, 3.8) is 0 Å². The lowest BCUT2D eigenvalue weighted by molar-refractivity contribution is -0.123. The van der Waals surface area contributed by atoms with Gasteiger partial charge in [-0.1, -0.05) is 30.3 Å². The van der Waals surface area contributed by atoms with Gasteiger partial charge in [-0.15, -0.1) is 0 Å². The summed E-state index contributed by atoms with van der Waals surface area (Å²) in [4.78, 5) is 23.9. The molecule has 0 spiro atoms. The molecular weight excluding hydrogens is 285 g/mol. The van der Waals surface area contributed by atoms with Gasteiger partial charge in [-0.25, -0.2) is 10.2 Å². The van der Waals surface area contributed by atoms with E-state index in [1.165, 1.54) is 24.3 Å². The van der Waals surface area contributed by atoms with Gasteiger partial charge < -0.3 is 5.32 Å². The summed E-state index contributed by atoms with van der Waals surface area (Å²) in [5, 5.41) is 2.60. The van der Waals surface area contributed by atoms with Gasteiger partial charge in [0.25, 0.3) is 11.8 Å². The van der Waals surface area contributed by atoms with E-state index in [2.05, 4.69) is 5.32 Å². The summed E-state index contributed by atoms with van der Waals surface area (Å²) < 4.78 is 12.9. The standard InChI is InChI=1S/C16H16FN3O2/c17-13-8-6-12(7-9-13)15(21)19-14(16(22)20-18)10-11-4-2-1-3-5-11/h1-9,14H,10,18H2,(H,19,21)(H,20,22)/t14-/m0/s1. The summed E-state index contributed by atoms with van der Waals surface area (Å²) >= 11 is 0. The SMILES string of the molecule is NNC(=O)[C@H](Cc1ccccc1)NC(=O)c1ccc(F)cc1. The lowest BCUT2D eigenvalue weighted by atomic mass is 10.0. The molecule has 2 amide bonds. The second kappa shape index (κ2) is 7.33. The Labute approximate surface area is 127 Å². The monoisotopic (exact) mass is 301 g/mol. The maximum Gasteiger partial charge on any atom is 0.256 e. The van der Waals surface area contributed by atoms with Crippen LogP contribution in [0.4, 0.5) is 4.39 Å². The van der Waals surface area contributed by atoms with Gasteiger partial charge in [-0.2, -0.15) is 0 Å². The van der Waals surface area contributed by atoms with Gasteiger partial charge in [0.05, 0.1) is 0 Å². The molecule has 0 aliphatic rings. The molecule has 0 unspecified atom stereocenters. The molecule has 1 atom stereocenters. The Morgan fingerprint density at radius 1 is 1.05 bits per heavy atom. The minimum Gasteiger partial charge on any atom is -0.340 e. The molecule has 0 radical (unpaired) electrons. The van der Waals surface area contributed by atoms with Crippen LogP contribution in [0.5, 0.6) is 0 Å². The molecule has 114 valence electrons. The van der Waals surface area contributed by atoms with Crippen molar-refractivity contribution in [3.05, 3.63) is 71.5 Å². The Bertz CT molecular complexity index is 644. The molecule has 0 aliphatic heterocycles. The third kappa shape index (κ3) is 4.13. The first-order valence-corrected chi connectivity index (χ1v) is 6.71. The van der Waals surface area contributed by atoms with Crippen molar-refractivity contribution in [1.29, 1.82) is 0 Å². The first-order valence-electron chi connectivity index (χ1n) is 6.71. The highest BCUT2D eigenvalue weighted by atomic mass is 19.1. The fraction of sp³-hybridized carbons (Fsp3) is 0.125. The molecule has 0 aromatic heterocycles. The molecule has 0 fully saturated rings. The number of amides is 2. The Morgan fingerprint density at radius 3 is 2.27 bits per heavy atom. The predicted octanol–water partition coefficient (Wildman–Crippen LogP) is 1.16. The van der Waals surface area contributed by atoms with E-state index >= 15 is 0 Å². The third-order valence-electron chi connectivity index (χ3n) is 3.15. The van der Waals surface area contributed by atoms with Crippen molar-refractivity contribution in [1.82, 2.24) is 10.7 Å². The van der Waals surface area contributed by atoms with Crippen LogP contribution in [0.1, 0.15) is 15.9 Å². The number of carbonyl (C=O) groups excluding carboxylic acids is 2. The smallest absolute Gasteiger partial charge is 0.256 e. The van der Waals surface area contributed by atoms with Crippen molar-refractivity contribution in [2.24, 2.45) is 5.84 Å². The third-order valence-corrected chi connectivity index (χ3v) is 3.15. The van der Waals surface area contributed by atoms with Crippen LogP contribution in [-0.2, 0) is 11.2 Å². The van der Waals surface area contributed by atoms with Crippen molar-refractivity contribution >= 4 is 11.8 Å². The average molecular weight is 301 g/mol. The van der Waals surface area contributed by atoms with E-state index in [1.54, 1.807) is 0 Å². The minimum absolute atomic E-state index is 0.268. The van der Waals surface area contributed by atoms with Crippen molar-refractivity contribution in [3.8, 4) is 0 Å². The number of halogens is 1. The molecule has 2 aromatic rings. The van der Waals surface area contributed by atoms with E-state index in [0.717, 1.165) is 5.56 Å². The van der Waals surface area contributed by atoms with Gasteiger partial charge in [-0.05, 0) is 29.8 Å². The number of nitrogens with two attached hydrogens (primary N) is 1. The molecule has 0 aliphatic carbocycles. The minimum atomic E-state index is -0.815. The van der Waals surface area contributed by atoms with E-state index in [1.807, 2.05) is 35.8 Å². The van der Waals surface area contributed by atoms with Gasteiger partial charge >= 0.3 is 0 Å². The Morgan fingerprint density at radius 2 is 1.68 bits per heavy atom. The number of hydrogen-bond donors (Lipinski definition) is 3. The van der Waals surface area contributed by atoms with E-state index in [9.17, 15) is 14.0 Å². The zero-order valence-corrected chi connectivity index (χ0v) is 11.8. The molecule has 0 saturated carbocycles. The molecule has 0 bridgehead atoms. The van der Waals surface area contributed by atoms with Crippen LogP contribution in [0.2, 0.25) is 0 Å². The molecule has 4 N–H and O–H groups in total. The van der Waals surface area contributed by atoms with Gasteiger partial charge in [0, 0.05) is 12.0 Å². The molecule has 2 rings (SSSR count). The fourth-order valence-corrected chi connectivity index (χ4v) is 2.00. The summed E-state index contributed by atoms with van der Waals surface area (Å²) in [5.74, 6) is 3.76. The van der Waals surface area contributed by atoms with Crippen LogP contribution in [0.3, 0.4) is 0 Å². The summed E-state index contributed by atoms with van der Waals surface area (Å²) in [6.07, 6.45) is 0.302. The number of nitrogens with one attached hydrogen (secondary N) is 2. The molecule has 5 nitrogen and oxygen atoms in total. The Hall–Kier alpha value is -2.73. The maximum absolute atomic E-state index is 12.9. The second-order valence-electron chi connectivity index (χ2n) is 4.73. The summed E-state index contributed by atoms with van der Waals surface area (Å²) in [5.41, 5.74) is 3.19. The zero-order chi connectivity index (χ0) is 15.9. The van der Waals surface area contributed by atoms with Crippen LogP contribution in [0.25, 0.3) is 0 Å². The molecule has 0 heterocycles. The average Bonchev–Trinajstić information content (AvgIpc) is 2.55. The highest BCUT2D eigenvalue weighted by molar-refractivity contribution is 5.97. The summed E-state index contributed by atoms with van der Waals surface area (Å²) in [7, 11) is 0. The predicted molar refractivity (Wildman–Crippen MR) is 80.1 cm³/mol. The number of hydrazine groups is 1. The van der Waals surface area contributed by atoms with Crippen molar-refractivity contribution in [2.75, 3.05) is 0 Å². The number of rotatable bonds is 5. The lowest BCUT2D eigenvalue weighted by Gasteiger charge is -2.17. The number of benzene rings is 2. The highest BCUT2D eigenvalue weighted by Gasteiger charge is 2.21. The van der Waals surface area contributed by atoms with Crippen LogP contribution in [0, 0.1) is 5.82 Å². The normalized spacial score (nSPS) is 11.5. The second-order valence-corrected chi connectivity index (χ2v) is 4.73. The molecule has 22 heavy (non-hydrogen) atoms. The fourth-order valence-electron chi connectivity index (χ4n) is 2.00. The first-order chi connectivity index (χ1) is 10.6.